The van der Waals surface area contributed by atoms with E-state index in [-0.39, 0.29) is 69.0 Å². The molecular weight excluding hydrogens is 592 g/mol. The number of benzene rings is 2. The standard InChI is InChI=1S/C20H21N2.C7H14O.C5H11O.C3H4.C2H6.Sr/c1-4-21-19-11-9-15(3)13-17(19)20-7-5-6-16-12-14(2)8-10-18(16)22-20;1-5-6(8)7(2,3)4;1-5(2,3)4-6;1-3-2;1-2;/h5-13,20H,4H2,1-3H3;5H2,1-4H3;4H2,1-3H3;1H,2H3;1-2H3;/q-1;;-1;;;+2/p+1. The molecule has 1 N–H and O–H groups in total. The van der Waals surface area contributed by atoms with Gasteiger partial charge >= 0.3 is 45.5 Å². The summed E-state index contributed by atoms with van der Waals surface area (Å²) < 4.78 is 0. The van der Waals surface area contributed by atoms with E-state index >= 15 is 0 Å². The number of terminal acetylenes is 1. The largest absolute Gasteiger partial charge is 2.00 e. The summed E-state index contributed by atoms with van der Waals surface area (Å²) in [4.78, 5) is 14.5. The van der Waals surface area contributed by atoms with Gasteiger partial charge in [0.2, 0.25) is 5.36 Å². The minimum Gasteiger partial charge on any atom is -0.854 e. The van der Waals surface area contributed by atoms with Crippen LogP contribution in [0.15, 0.2) is 48.6 Å². The zero-order chi connectivity index (χ0) is 32.2. The number of hydrogen-bond acceptors (Lipinski definition) is 2. The van der Waals surface area contributed by atoms with Gasteiger partial charge in [0.15, 0.2) is 6.04 Å². The number of aryl methyl sites for hydroxylation is 2. The van der Waals surface area contributed by atoms with Crippen molar-refractivity contribution < 1.29 is 14.9 Å². The van der Waals surface area contributed by atoms with E-state index in [1.54, 1.807) is 6.92 Å². The molecule has 0 saturated heterocycles. The Morgan fingerprint density at radius 1 is 1.00 bits per heavy atom. The van der Waals surface area contributed by atoms with E-state index in [1.165, 1.54) is 27.3 Å². The average Bonchev–Trinajstić information content (AvgIpc) is 3.12. The van der Waals surface area contributed by atoms with Gasteiger partial charge < -0.3 is 10.4 Å². The Bertz CT molecular complexity index is 1230. The maximum absolute atomic E-state index is 10.8. The smallest absolute Gasteiger partial charge is 0.854 e. The Morgan fingerprint density at radius 2 is 1.50 bits per heavy atom. The maximum Gasteiger partial charge on any atom is 2.00 e. The number of Topliss-reactive ketones (excluding diaryl/α,β-unsaturated/α-hetero) is 1. The summed E-state index contributed by atoms with van der Waals surface area (Å²) in [7, 11) is 0. The van der Waals surface area contributed by atoms with Crippen LogP contribution in [-0.2, 0) is 4.79 Å². The predicted molar refractivity (Wildman–Crippen MR) is 182 cm³/mol. The number of carbonyl (C=O) groups excluding carboxylic acids is 1. The van der Waals surface area contributed by atoms with Crippen molar-refractivity contribution in [3.63, 3.8) is 0 Å². The van der Waals surface area contributed by atoms with Crippen molar-refractivity contribution in [3.05, 3.63) is 81.1 Å². The summed E-state index contributed by atoms with van der Waals surface area (Å²) >= 11 is 0. The van der Waals surface area contributed by atoms with Crippen molar-refractivity contribution in [1.29, 1.82) is 0 Å². The summed E-state index contributed by atoms with van der Waals surface area (Å²) in [5.74, 6) is 2.58. The second-order valence-electron chi connectivity index (χ2n) is 11.8. The number of fused-ring (bicyclic) bond motifs is 1. The van der Waals surface area contributed by atoms with Crippen LogP contribution in [-0.4, -0.2) is 64.4 Å². The Morgan fingerprint density at radius 3 is 1.93 bits per heavy atom. The number of carbonyl (C=O) groups is 1. The molecule has 0 spiro atoms. The monoisotopic (exact) mass is 649 g/mol. The molecule has 0 amide bonds. The second-order valence-corrected chi connectivity index (χ2v) is 11.8. The Kier molecular flexibility index (Phi) is 25.3. The molecule has 0 saturated carbocycles. The summed E-state index contributed by atoms with van der Waals surface area (Å²) in [5.41, 5.74) is 4.71. The minimum absolute atomic E-state index is 0. The first-order valence-electron chi connectivity index (χ1n) is 14.8. The van der Waals surface area contributed by atoms with Crippen molar-refractivity contribution in [2.45, 2.75) is 102 Å². The molecule has 0 fully saturated rings. The molecular formula is C37H57N2O2Sr+. The SMILES string of the molecule is C#CC.CC.CC(C)(C)C[O-].CCC(=O)C(C)(C)C.CC[N-]c1ccc(C)cc1C1C=CC=c2cc(C)ccc2=[NH+]1.[Sr+2]. The van der Waals surface area contributed by atoms with Crippen molar-refractivity contribution >= 4 is 63.0 Å². The van der Waals surface area contributed by atoms with Gasteiger partial charge in [-0.1, -0.05) is 116 Å². The van der Waals surface area contributed by atoms with Crippen molar-refractivity contribution in [3.8, 4) is 12.3 Å². The summed E-state index contributed by atoms with van der Waals surface area (Å²) in [6.07, 6.45) is 11.8. The van der Waals surface area contributed by atoms with Crippen LogP contribution < -0.4 is 20.7 Å². The molecule has 5 heteroatoms. The Balaban J connectivity index is -0.000000632. The van der Waals surface area contributed by atoms with Gasteiger partial charge in [-0.25, -0.2) is 4.99 Å². The number of nitrogens with one attached hydrogen (secondary N) is 1. The van der Waals surface area contributed by atoms with E-state index in [0.717, 1.165) is 12.2 Å². The molecule has 42 heavy (non-hydrogen) atoms. The molecule has 0 aromatic heterocycles. The molecule has 1 aliphatic rings. The molecule has 4 nitrogen and oxygen atoms in total. The van der Waals surface area contributed by atoms with Crippen LogP contribution in [0.3, 0.4) is 0 Å². The summed E-state index contributed by atoms with van der Waals surface area (Å²) in [6, 6.07) is 13.1. The van der Waals surface area contributed by atoms with Gasteiger partial charge in [-0.05, 0) is 39.0 Å². The average molecular weight is 649 g/mol. The van der Waals surface area contributed by atoms with Gasteiger partial charge in [0.25, 0.3) is 0 Å². The maximum atomic E-state index is 10.8. The van der Waals surface area contributed by atoms with Gasteiger partial charge in [0, 0.05) is 28.7 Å². The van der Waals surface area contributed by atoms with E-state index in [1.807, 2.05) is 62.3 Å². The molecule has 0 radical (unpaired) electrons. The van der Waals surface area contributed by atoms with E-state index in [2.05, 4.69) is 98.1 Å². The third kappa shape index (κ3) is 19.5. The van der Waals surface area contributed by atoms with Gasteiger partial charge in [-0.15, -0.1) is 31.2 Å². The van der Waals surface area contributed by atoms with E-state index in [4.69, 9.17) is 0 Å². The number of rotatable bonds is 4. The Labute approximate surface area is 295 Å². The topological polar surface area (TPSA) is 68.2 Å². The summed E-state index contributed by atoms with van der Waals surface area (Å²) in [6.45, 7) is 26.3. The fourth-order valence-corrected chi connectivity index (χ4v) is 3.39. The molecule has 2 aromatic carbocycles. The summed E-state index contributed by atoms with van der Waals surface area (Å²) in [5, 5.41) is 17.0. The number of ketones is 1. The van der Waals surface area contributed by atoms with Crippen molar-refractivity contribution in [2.24, 2.45) is 10.8 Å². The third-order valence-electron chi connectivity index (χ3n) is 5.53. The molecule has 1 heterocycles. The first-order chi connectivity index (χ1) is 19.1. The normalized spacial score (nSPS) is 12.7. The molecule has 1 unspecified atom stereocenters. The van der Waals surface area contributed by atoms with Crippen LogP contribution in [0.25, 0.3) is 11.4 Å². The van der Waals surface area contributed by atoms with Crippen LogP contribution >= 0.6 is 0 Å². The molecule has 2 aromatic rings. The van der Waals surface area contributed by atoms with Crippen LogP contribution in [0.4, 0.5) is 5.69 Å². The van der Waals surface area contributed by atoms with E-state index in [9.17, 15) is 9.90 Å². The van der Waals surface area contributed by atoms with Gasteiger partial charge in [0.05, 0.1) is 0 Å². The van der Waals surface area contributed by atoms with Gasteiger partial charge in [-0.2, -0.15) is 0 Å². The zero-order valence-electron chi connectivity index (χ0n) is 28.9. The fourth-order valence-electron chi connectivity index (χ4n) is 3.39. The first kappa shape index (κ1) is 44.8. The van der Waals surface area contributed by atoms with Gasteiger partial charge in [-0.3, -0.25) is 4.79 Å². The molecule has 228 valence electrons. The van der Waals surface area contributed by atoms with Crippen molar-refractivity contribution in [1.82, 2.24) is 0 Å². The molecule has 0 aliphatic carbocycles. The third-order valence-corrected chi connectivity index (χ3v) is 5.53. The van der Waals surface area contributed by atoms with Crippen LogP contribution in [0, 0.1) is 37.0 Å². The predicted octanol–water partition coefficient (Wildman–Crippen LogP) is 5.81. The molecule has 1 aliphatic heterocycles. The zero-order valence-corrected chi connectivity index (χ0v) is 32.4. The van der Waals surface area contributed by atoms with Gasteiger partial charge in [0.1, 0.15) is 5.78 Å². The van der Waals surface area contributed by atoms with Crippen LogP contribution in [0.2, 0.25) is 0 Å². The molecule has 3 rings (SSSR count). The van der Waals surface area contributed by atoms with Crippen LogP contribution in [0.1, 0.15) is 105 Å². The Hall–Kier alpha value is -1.68. The van der Waals surface area contributed by atoms with Crippen LogP contribution in [0.5, 0.6) is 0 Å². The second kappa shape index (κ2) is 23.7. The minimum atomic E-state index is -0.130. The molecule has 0 bridgehead atoms. The fraction of sp³-hybridized carbons (Fsp3) is 0.514. The number of nitrogens with zero attached hydrogens (tertiary/aromatic N) is 1. The number of hydrogen-bond donors (Lipinski definition) is 1. The quantitative estimate of drug-likeness (QED) is 0.336. The number of allylic oxidation sites excluding steroid dienone is 1. The van der Waals surface area contributed by atoms with E-state index < -0.39 is 0 Å². The van der Waals surface area contributed by atoms with E-state index in [0.29, 0.717) is 12.2 Å². The van der Waals surface area contributed by atoms with Crippen molar-refractivity contribution in [2.75, 3.05) is 13.2 Å². The first-order valence-corrected chi connectivity index (χ1v) is 14.8. The molecule has 1 atom stereocenters.